The summed E-state index contributed by atoms with van der Waals surface area (Å²) in [5, 5.41) is 6.42. The van der Waals surface area contributed by atoms with E-state index < -0.39 is 0 Å². The van der Waals surface area contributed by atoms with Crippen LogP contribution < -0.4 is 10.6 Å². The minimum Gasteiger partial charge on any atom is -0.378 e. The smallest absolute Gasteiger partial charge is 0.255 e. The van der Waals surface area contributed by atoms with Gasteiger partial charge in [-0.3, -0.25) is 9.59 Å². The molecule has 2 aliphatic heterocycles. The van der Waals surface area contributed by atoms with E-state index in [0.717, 1.165) is 25.8 Å². The van der Waals surface area contributed by atoms with Gasteiger partial charge in [0, 0.05) is 18.8 Å². The zero-order valence-electron chi connectivity index (χ0n) is 13.9. The van der Waals surface area contributed by atoms with E-state index in [-0.39, 0.29) is 30.3 Å². The molecule has 2 heterocycles. The van der Waals surface area contributed by atoms with Crippen molar-refractivity contribution in [2.45, 2.75) is 25.3 Å². The highest BCUT2D eigenvalue weighted by atomic mass is 35.5. The van der Waals surface area contributed by atoms with Crippen LogP contribution in [-0.4, -0.2) is 55.6 Å². The summed E-state index contributed by atoms with van der Waals surface area (Å²) in [5.41, 5.74) is 1.06. The van der Waals surface area contributed by atoms with E-state index in [2.05, 4.69) is 10.6 Å². The van der Waals surface area contributed by atoms with Gasteiger partial charge in [-0.25, -0.2) is 0 Å². The predicted molar refractivity (Wildman–Crippen MR) is 99.7 cm³/mol. The van der Waals surface area contributed by atoms with Gasteiger partial charge in [-0.05, 0) is 37.6 Å². The zero-order valence-corrected chi connectivity index (χ0v) is 15.5. The number of hydrogen-bond acceptors (Lipinski definition) is 4. The van der Waals surface area contributed by atoms with E-state index in [1.54, 1.807) is 23.1 Å². The van der Waals surface area contributed by atoms with Crippen molar-refractivity contribution in [3.8, 4) is 0 Å². The molecule has 1 unspecified atom stereocenters. The highest BCUT2D eigenvalue weighted by molar-refractivity contribution is 6.34. The molecule has 2 N–H and O–H groups in total. The van der Waals surface area contributed by atoms with Crippen molar-refractivity contribution in [2.75, 3.05) is 38.2 Å². The topological polar surface area (TPSA) is 70.7 Å². The molecule has 2 amide bonds. The monoisotopic (exact) mass is 387 g/mol. The molecule has 0 spiro atoms. The van der Waals surface area contributed by atoms with Crippen molar-refractivity contribution in [2.24, 2.45) is 0 Å². The van der Waals surface area contributed by atoms with Gasteiger partial charge in [0.05, 0.1) is 29.8 Å². The Kier molecular flexibility index (Phi) is 7.50. The molecule has 8 heteroatoms. The molecular weight excluding hydrogens is 365 g/mol. The summed E-state index contributed by atoms with van der Waals surface area (Å²) in [5.74, 6) is -0.159. The molecule has 2 aliphatic rings. The zero-order chi connectivity index (χ0) is 16.9. The van der Waals surface area contributed by atoms with E-state index in [0.29, 0.717) is 42.6 Å². The fraction of sp³-hybridized carbons (Fsp3) is 0.529. The molecule has 25 heavy (non-hydrogen) atoms. The largest absolute Gasteiger partial charge is 0.378 e. The number of hydrogen-bond donors (Lipinski definition) is 2. The molecule has 1 atom stereocenters. The Morgan fingerprint density at radius 2 is 2.00 bits per heavy atom. The number of anilines is 1. The fourth-order valence-corrected chi connectivity index (χ4v) is 3.27. The molecule has 138 valence electrons. The third-order valence-electron chi connectivity index (χ3n) is 4.39. The lowest BCUT2D eigenvalue weighted by Gasteiger charge is -2.27. The van der Waals surface area contributed by atoms with Gasteiger partial charge < -0.3 is 20.3 Å². The van der Waals surface area contributed by atoms with E-state index in [1.165, 1.54) is 0 Å². The van der Waals surface area contributed by atoms with Gasteiger partial charge in [-0.1, -0.05) is 18.0 Å². The first kappa shape index (κ1) is 20.0. The number of nitrogens with zero attached hydrogens (tertiary/aromatic N) is 1. The molecule has 0 radical (unpaired) electrons. The number of nitrogens with one attached hydrogen (secondary N) is 2. The lowest BCUT2D eigenvalue weighted by atomic mass is 10.0. The average molecular weight is 388 g/mol. The third kappa shape index (κ3) is 5.07. The van der Waals surface area contributed by atoms with Gasteiger partial charge in [0.2, 0.25) is 5.91 Å². The maximum atomic E-state index is 12.5. The number of amides is 2. The van der Waals surface area contributed by atoms with Crippen molar-refractivity contribution < 1.29 is 14.3 Å². The van der Waals surface area contributed by atoms with Crippen LogP contribution in [0.25, 0.3) is 0 Å². The fourth-order valence-electron chi connectivity index (χ4n) is 3.01. The molecule has 0 aromatic heterocycles. The summed E-state index contributed by atoms with van der Waals surface area (Å²) in [6.07, 6.45) is 3.00. The second-order valence-electron chi connectivity index (χ2n) is 6.09. The van der Waals surface area contributed by atoms with Crippen LogP contribution in [-0.2, 0) is 9.53 Å². The Balaban J connectivity index is 0.00000225. The molecule has 1 aromatic carbocycles. The summed E-state index contributed by atoms with van der Waals surface area (Å²) in [7, 11) is 0. The first-order chi connectivity index (χ1) is 11.6. The Hall–Kier alpha value is -1.34. The van der Waals surface area contributed by atoms with Crippen molar-refractivity contribution in [3.05, 3.63) is 28.8 Å². The van der Waals surface area contributed by atoms with Crippen LogP contribution in [0.15, 0.2) is 18.2 Å². The molecule has 6 nitrogen and oxygen atoms in total. The minimum atomic E-state index is -0.160. The van der Waals surface area contributed by atoms with Crippen LogP contribution >= 0.6 is 24.0 Å². The molecule has 0 saturated carbocycles. The minimum absolute atomic E-state index is 0. The normalized spacial score (nSPS) is 20.5. The summed E-state index contributed by atoms with van der Waals surface area (Å²) >= 11 is 6.27. The van der Waals surface area contributed by atoms with Gasteiger partial charge in [-0.2, -0.15) is 0 Å². The van der Waals surface area contributed by atoms with Crippen LogP contribution in [0.3, 0.4) is 0 Å². The van der Waals surface area contributed by atoms with Gasteiger partial charge >= 0.3 is 0 Å². The predicted octanol–water partition coefficient (Wildman–Crippen LogP) is 2.31. The van der Waals surface area contributed by atoms with Crippen LogP contribution in [0.1, 0.15) is 29.6 Å². The van der Waals surface area contributed by atoms with Crippen molar-refractivity contribution in [3.63, 3.8) is 0 Å². The number of rotatable bonds is 3. The van der Waals surface area contributed by atoms with Crippen LogP contribution in [0.5, 0.6) is 0 Å². The number of ether oxygens (including phenoxy) is 1. The van der Waals surface area contributed by atoms with Crippen molar-refractivity contribution in [1.82, 2.24) is 10.2 Å². The van der Waals surface area contributed by atoms with Gasteiger partial charge in [-0.15, -0.1) is 12.4 Å². The lowest BCUT2D eigenvalue weighted by Crippen LogP contribution is -2.43. The van der Waals surface area contributed by atoms with Gasteiger partial charge in [0.15, 0.2) is 0 Å². The maximum Gasteiger partial charge on any atom is 0.255 e. The molecule has 2 saturated heterocycles. The van der Waals surface area contributed by atoms with Crippen molar-refractivity contribution >= 4 is 41.5 Å². The number of morpholine rings is 1. The Morgan fingerprint density at radius 3 is 2.64 bits per heavy atom. The van der Waals surface area contributed by atoms with Crippen LogP contribution in [0.4, 0.5) is 5.69 Å². The van der Waals surface area contributed by atoms with E-state index in [4.69, 9.17) is 16.3 Å². The number of carbonyl (C=O) groups is 2. The SMILES string of the molecule is Cl.O=C(Nc1ccc(C(=O)N2CCOCC2)c(Cl)c1)C1CCCCN1. The number of piperidine rings is 1. The highest BCUT2D eigenvalue weighted by Crippen LogP contribution is 2.23. The molecule has 0 aliphatic carbocycles. The second kappa shape index (κ2) is 9.38. The third-order valence-corrected chi connectivity index (χ3v) is 4.70. The highest BCUT2D eigenvalue weighted by Gasteiger charge is 2.23. The molecule has 2 fully saturated rings. The lowest BCUT2D eigenvalue weighted by molar-refractivity contribution is -0.118. The standard InChI is InChI=1S/C17H22ClN3O3.ClH/c18-14-11-12(20-16(22)15-3-1-2-6-19-15)4-5-13(14)17(23)21-7-9-24-10-8-21;/h4-5,11,15,19H,1-3,6-10H2,(H,20,22);1H. The summed E-state index contributed by atoms with van der Waals surface area (Å²) in [6.45, 7) is 3.10. The van der Waals surface area contributed by atoms with E-state index in [9.17, 15) is 9.59 Å². The molecule has 3 rings (SSSR count). The second-order valence-corrected chi connectivity index (χ2v) is 6.50. The summed E-state index contributed by atoms with van der Waals surface area (Å²) in [6, 6.07) is 4.87. The van der Waals surface area contributed by atoms with Crippen LogP contribution in [0.2, 0.25) is 5.02 Å². The van der Waals surface area contributed by atoms with Crippen molar-refractivity contribution in [1.29, 1.82) is 0 Å². The molecule has 0 bridgehead atoms. The summed E-state index contributed by atoms with van der Waals surface area (Å²) < 4.78 is 5.26. The van der Waals surface area contributed by atoms with Crippen LogP contribution in [0, 0.1) is 0 Å². The quantitative estimate of drug-likeness (QED) is 0.834. The maximum absolute atomic E-state index is 12.5. The number of benzene rings is 1. The van der Waals surface area contributed by atoms with E-state index >= 15 is 0 Å². The Bertz CT molecular complexity index is 615. The molecule has 1 aromatic rings. The van der Waals surface area contributed by atoms with E-state index in [1.807, 2.05) is 0 Å². The Morgan fingerprint density at radius 1 is 1.24 bits per heavy atom. The first-order valence-corrected chi connectivity index (χ1v) is 8.74. The first-order valence-electron chi connectivity index (χ1n) is 8.36. The average Bonchev–Trinajstić information content (AvgIpc) is 2.63. The number of halogens is 2. The van der Waals surface area contributed by atoms with Gasteiger partial charge in [0.1, 0.15) is 0 Å². The Labute approximate surface area is 158 Å². The summed E-state index contributed by atoms with van der Waals surface area (Å²) in [4.78, 5) is 26.5. The molecular formula is C17H23Cl2N3O3. The van der Waals surface area contributed by atoms with Gasteiger partial charge in [0.25, 0.3) is 5.91 Å². The number of carbonyl (C=O) groups excluding carboxylic acids is 2.